The van der Waals surface area contributed by atoms with Crippen molar-refractivity contribution in [2.75, 3.05) is 26.6 Å². The lowest BCUT2D eigenvalue weighted by atomic mass is 10.1. The standard InChI is InChI=1S/C20H17N3O4S/c1-25-16-8-14(9-17(26-2)18(16)27-3)19(24)23-20-22-15(11-28-20)13-6-4-12(10-21)5-7-13/h4-9,11H,1-3H3,(H,22,23,24). The van der Waals surface area contributed by atoms with Crippen molar-refractivity contribution < 1.29 is 19.0 Å². The fourth-order valence-corrected chi connectivity index (χ4v) is 3.28. The monoisotopic (exact) mass is 395 g/mol. The lowest BCUT2D eigenvalue weighted by molar-refractivity contribution is 0.102. The second-order valence-corrected chi connectivity index (χ2v) is 6.45. The van der Waals surface area contributed by atoms with Crippen molar-refractivity contribution in [1.29, 1.82) is 5.26 Å². The summed E-state index contributed by atoms with van der Waals surface area (Å²) < 4.78 is 15.8. The molecule has 142 valence electrons. The van der Waals surface area contributed by atoms with Gasteiger partial charge in [-0.1, -0.05) is 12.1 Å². The highest BCUT2D eigenvalue weighted by Crippen LogP contribution is 2.38. The van der Waals surface area contributed by atoms with Gasteiger partial charge in [-0.05, 0) is 24.3 Å². The summed E-state index contributed by atoms with van der Waals surface area (Å²) in [6.45, 7) is 0. The molecule has 1 aromatic heterocycles. The summed E-state index contributed by atoms with van der Waals surface area (Å²) in [6, 6.07) is 12.3. The Balaban J connectivity index is 1.82. The Labute approximate surface area is 166 Å². The van der Waals surface area contributed by atoms with E-state index in [1.54, 1.807) is 24.3 Å². The summed E-state index contributed by atoms with van der Waals surface area (Å²) in [5.41, 5.74) is 2.51. The molecule has 0 radical (unpaired) electrons. The van der Waals surface area contributed by atoms with Crippen LogP contribution in [0.4, 0.5) is 5.13 Å². The van der Waals surface area contributed by atoms with Crippen LogP contribution in [0.1, 0.15) is 15.9 Å². The lowest BCUT2D eigenvalue weighted by Crippen LogP contribution is -2.12. The number of carbonyl (C=O) groups excluding carboxylic acids is 1. The molecule has 0 unspecified atom stereocenters. The number of amides is 1. The quantitative estimate of drug-likeness (QED) is 0.679. The third-order valence-electron chi connectivity index (χ3n) is 3.96. The summed E-state index contributed by atoms with van der Waals surface area (Å²) in [4.78, 5) is 17.1. The number of rotatable bonds is 6. The Morgan fingerprint density at radius 1 is 1.07 bits per heavy atom. The highest BCUT2D eigenvalue weighted by Gasteiger charge is 2.18. The molecule has 28 heavy (non-hydrogen) atoms. The van der Waals surface area contributed by atoms with E-state index in [1.807, 2.05) is 17.5 Å². The van der Waals surface area contributed by atoms with E-state index in [2.05, 4.69) is 16.4 Å². The molecule has 1 N–H and O–H groups in total. The van der Waals surface area contributed by atoms with Crippen molar-refractivity contribution in [1.82, 2.24) is 4.98 Å². The van der Waals surface area contributed by atoms with Crippen LogP contribution in [0.25, 0.3) is 11.3 Å². The SMILES string of the molecule is COc1cc(C(=O)Nc2nc(-c3ccc(C#N)cc3)cs2)cc(OC)c1OC. The predicted molar refractivity (Wildman–Crippen MR) is 106 cm³/mol. The van der Waals surface area contributed by atoms with E-state index in [0.29, 0.717) is 33.5 Å². The summed E-state index contributed by atoms with van der Waals surface area (Å²) in [5, 5.41) is 14.0. The maximum atomic E-state index is 12.6. The van der Waals surface area contributed by atoms with E-state index < -0.39 is 0 Å². The van der Waals surface area contributed by atoms with Gasteiger partial charge in [-0.25, -0.2) is 4.98 Å². The summed E-state index contributed by atoms with van der Waals surface area (Å²) in [7, 11) is 4.48. The fourth-order valence-electron chi connectivity index (χ4n) is 2.56. The van der Waals surface area contributed by atoms with Crippen LogP contribution in [0.15, 0.2) is 41.8 Å². The van der Waals surface area contributed by atoms with Gasteiger partial charge in [0.2, 0.25) is 5.75 Å². The van der Waals surface area contributed by atoms with Crippen molar-refractivity contribution in [3.63, 3.8) is 0 Å². The second-order valence-electron chi connectivity index (χ2n) is 5.60. The normalized spacial score (nSPS) is 10.1. The maximum absolute atomic E-state index is 12.6. The van der Waals surface area contributed by atoms with E-state index in [1.165, 1.54) is 32.7 Å². The molecule has 1 heterocycles. The number of nitriles is 1. The number of ether oxygens (including phenoxy) is 3. The third-order valence-corrected chi connectivity index (χ3v) is 4.72. The zero-order valence-electron chi connectivity index (χ0n) is 15.5. The molecule has 1 amide bonds. The van der Waals surface area contributed by atoms with Crippen LogP contribution in [-0.2, 0) is 0 Å². The number of methoxy groups -OCH3 is 3. The molecule has 0 bridgehead atoms. The molecular formula is C20H17N3O4S. The zero-order chi connectivity index (χ0) is 20.1. The van der Waals surface area contributed by atoms with Gasteiger partial charge in [-0.15, -0.1) is 11.3 Å². The molecular weight excluding hydrogens is 378 g/mol. The average Bonchev–Trinajstić information content (AvgIpc) is 3.20. The largest absolute Gasteiger partial charge is 0.493 e. The topological polar surface area (TPSA) is 93.5 Å². The average molecular weight is 395 g/mol. The number of carbonyl (C=O) groups is 1. The van der Waals surface area contributed by atoms with E-state index >= 15 is 0 Å². The number of aromatic nitrogens is 1. The molecule has 0 aliphatic carbocycles. The van der Waals surface area contributed by atoms with Crippen molar-refractivity contribution in [3.05, 3.63) is 52.9 Å². The van der Waals surface area contributed by atoms with Gasteiger partial charge in [0.25, 0.3) is 5.91 Å². The number of nitrogens with zero attached hydrogens (tertiary/aromatic N) is 2. The molecule has 0 saturated carbocycles. The van der Waals surface area contributed by atoms with Crippen LogP contribution in [0.3, 0.4) is 0 Å². The van der Waals surface area contributed by atoms with Gasteiger partial charge in [0, 0.05) is 16.5 Å². The van der Waals surface area contributed by atoms with Gasteiger partial charge in [-0.3, -0.25) is 10.1 Å². The minimum atomic E-state index is -0.347. The molecule has 0 fully saturated rings. The van der Waals surface area contributed by atoms with E-state index in [4.69, 9.17) is 19.5 Å². The van der Waals surface area contributed by atoms with E-state index in [9.17, 15) is 4.79 Å². The lowest BCUT2D eigenvalue weighted by Gasteiger charge is -2.13. The van der Waals surface area contributed by atoms with Gasteiger partial charge >= 0.3 is 0 Å². The van der Waals surface area contributed by atoms with Gasteiger partial charge in [0.05, 0.1) is 38.7 Å². The first-order chi connectivity index (χ1) is 13.6. The van der Waals surface area contributed by atoms with Gasteiger partial charge in [0.15, 0.2) is 16.6 Å². The number of hydrogen-bond acceptors (Lipinski definition) is 7. The molecule has 0 spiro atoms. The molecule has 0 saturated heterocycles. The third kappa shape index (κ3) is 3.89. The Morgan fingerprint density at radius 3 is 2.25 bits per heavy atom. The summed E-state index contributed by atoms with van der Waals surface area (Å²) >= 11 is 1.31. The van der Waals surface area contributed by atoms with Crippen molar-refractivity contribution in [3.8, 4) is 34.6 Å². The van der Waals surface area contributed by atoms with Crippen molar-refractivity contribution in [2.24, 2.45) is 0 Å². The number of thiazole rings is 1. The zero-order valence-corrected chi connectivity index (χ0v) is 16.3. The number of hydrogen-bond donors (Lipinski definition) is 1. The molecule has 8 heteroatoms. The van der Waals surface area contributed by atoms with Crippen molar-refractivity contribution >= 4 is 22.4 Å². The number of benzene rings is 2. The smallest absolute Gasteiger partial charge is 0.257 e. The van der Waals surface area contributed by atoms with Gasteiger partial charge < -0.3 is 14.2 Å². The molecule has 0 aliphatic rings. The minimum absolute atomic E-state index is 0.347. The van der Waals surface area contributed by atoms with Crippen LogP contribution in [0.5, 0.6) is 17.2 Å². The Hall–Kier alpha value is -3.57. The van der Waals surface area contributed by atoms with Crippen LogP contribution >= 0.6 is 11.3 Å². The van der Waals surface area contributed by atoms with Crippen LogP contribution in [0, 0.1) is 11.3 Å². The molecule has 2 aromatic carbocycles. The van der Waals surface area contributed by atoms with Crippen LogP contribution < -0.4 is 19.5 Å². The molecule has 3 rings (SSSR count). The van der Waals surface area contributed by atoms with Gasteiger partial charge in [0.1, 0.15) is 0 Å². The van der Waals surface area contributed by atoms with Gasteiger partial charge in [-0.2, -0.15) is 5.26 Å². The Kier molecular flexibility index (Phi) is 5.77. The molecule has 0 atom stereocenters. The van der Waals surface area contributed by atoms with E-state index in [0.717, 1.165) is 11.3 Å². The fraction of sp³-hybridized carbons (Fsp3) is 0.150. The maximum Gasteiger partial charge on any atom is 0.257 e. The molecule has 3 aromatic rings. The first-order valence-electron chi connectivity index (χ1n) is 8.17. The van der Waals surface area contributed by atoms with E-state index in [-0.39, 0.29) is 5.91 Å². The molecule has 0 aliphatic heterocycles. The second kappa shape index (κ2) is 8.41. The minimum Gasteiger partial charge on any atom is -0.493 e. The Bertz CT molecular complexity index is 1010. The first-order valence-corrected chi connectivity index (χ1v) is 9.05. The summed E-state index contributed by atoms with van der Waals surface area (Å²) in [6.07, 6.45) is 0. The highest BCUT2D eigenvalue weighted by atomic mass is 32.1. The summed E-state index contributed by atoms with van der Waals surface area (Å²) in [5.74, 6) is 0.854. The first kappa shape index (κ1) is 19.2. The Morgan fingerprint density at radius 2 is 1.71 bits per heavy atom. The predicted octanol–water partition coefficient (Wildman–Crippen LogP) is 3.96. The number of nitrogens with one attached hydrogen (secondary N) is 1. The van der Waals surface area contributed by atoms with Crippen molar-refractivity contribution in [2.45, 2.75) is 0 Å². The number of anilines is 1. The van der Waals surface area contributed by atoms with Crippen LogP contribution in [-0.4, -0.2) is 32.2 Å². The highest BCUT2D eigenvalue weighted by molar-refractivity contribution is 7.14. The molecule has 7 nitrogen and oxygen atoms in total. The van der Waals surface area contributed by atoms with Crippen LogP contribution in [0.2, 0.25) is 0 Å².